The van der Waals surface area contributed by atoms with Crippen LogP contribution in [0.3, 0.4) is 0 Å². The fraction of sp³-hybridized carbons (Fsp3) is 0.294. The van der Waals surface area contributed by atoms with Gasteiger partial charge >= 0.3 is 0 Å². The Morgan fingerprint density at radius 1 is 0.384 bits per heavy atom. The zero-order chi connectivity index (χ0) is 51.4. The second-order valence-corrected chi connectivity index (χ2v) is 25.0. The third-order valence-corrected chi connectivity index (χ3v) is 15.5. The van der Waals surface area contributed by atoms with Gasteiger partial charge in [-0.3, -0.25) is 0 Å². The van der Waals surface area contributed by atoms with Gasteiger partial charge in [0.25, 0.3) is 6.71 Å². The van der Waals surface area contributed by atoms with E-state index in [1.807, 2.05) is 0 Å². The predicted octanol–water partition coefficient (Wildman–Crippen LogP) is 16.4. The van der Waals surface area contributed by atoms with E-state index in [1.165, 1.54) is 89.2 Å². The summed E-state index contributed by atoms with van der Waals surface area (Å²) < 4.78 is 13.0. The molecule has 0 saturated carbocycles. The van der Waals surface area contributed by atoms with Gasteiger partial charge in [-0.15, -0.1) is 0 Å². The molecule has 0 aromatic heterocycles. The lowest BCUT2D eigenvalue weighted by molar-refractivity contribution is 0.297. The summed E-state index contributed by atoms with van der Waals surface area (Å²) in [6.07, 6.45) is 0.832. The Labute approximate surface area is 436 Å². The molecule has 8 aromatic rings. The van der Waals surface area contributed by atoms with Gasteiger partial charge in [-0.05, 0) is 149 Å². The van der Waals surface area contributed by atoms with Crippen LogP contribution < -0.4 is 35.7 Å². The zero-order valence-corrected chi connectivity index (χ0v) is 45.4. The molecule has 3 aliphatic rings. The zero-order valence-electron chi connectivity index (χ0n) is 45.4. The van der Waals surface area contributed by atoms with E-state index in [0.29, 0.717) is 13.2 Å². The van der Waals surface area contributed by atoms with Crippen molar-refractivity contribution in [1.29, 1.82) is 0 Å². The number of ether oxygens (including phenoxy) is 2. The molecular formula is C68H71BN2O2. The molecular weight excluding hydrogens is 888 g/mol. The molecule has 8 aromatic carbocycles. The lowest BCUT2D eigenvalue weighted by atomic mass is 9.33. The highest BCUT2D eigenvalue weighted by molar-refractivity contribution is 7.00. The first-order valence-electron chi connectivity index (χ1n) is 26.5. The van der Waals surface area contributed by atoms with E-state index >= 15 is 0 Å². The molecule has 0 aliphatic carbocycles. The van der Waals surface area contributed by atoms with Crippen LogP contribution in [0.25, 0.3) is 33.4 Å². The van der Waals surface area contributed by atoms with Gasteiger partial charge in [0.15, 0.2) is 11.5 Å². The van der Waals surface area contributed by atoms with E-state index in [9.17, 15) is 0 Å². The number of aryl methyl sites for hydroxylation is 1. The average Bonchev–Trinajstić information content (AvgIpc) is 3.59. The van der Waals surface area contributed by atoms with Crippen molar-refractivity contribution in [2.24, 2.45) is 0 Å². The molecule has 0 amide bonds. The van der Waals surface area contributed by atoms with Crippen molar-refractivity contribution in [2.75, 3.05) is 23.0 Å². The van der Waals surface area contributed by atoms with Crippen LogP contribution in [0.15, 0.2) is 158 Å². The quantitative estimate of drug-likeness (QED) is 0.161. The summed E-state index contributed by atoms with van der Waals surface area (Å²) in [5.41, 5.74) is 24.3. The molecule has 3 heterocycles. The summed E-state index contributed by atoms with van der Waals surface area (Å²) in [5, 5.41) is 0. The Balaban J connectivity index is 1.23. The van der Waals surface area contributed by atoms with Crippen molar-refractivity contribution in [3.63, 3.8) is 0 Å². The predicted molar refractivity (Wildman–Crippen MR) is 312 cm³/mol. The van der Waals surface area contributed by atoms with E-state index < -0.39 is 0 Å². The molecule has 0 bridgehead atoms. The molecule has 0 saturated heterocycles. The van der Waals surface area contributed by atoms with Crippen LogP contribution >= 0.6 is 0 Å². The van der Waals surface area contributed by atoms with E-state index in [4.69, 9.17) is 9.47 Å². The largest absolute Gasteiger partial charge is 0.490 e. The summed E-state index contributed by atoms with van der Waals surface area (Å²) in [7, 11) is 0. The number of hydrogen-bond acceptors (Lipinski definition) is 4. The molecule has 0 atom stereocenters. The highest BCUT2D eigenvalue weighted by Crippen LogP contribution is 2.51. The van der Waals surface area contributed by atoms with Crippen molar-refractivity contribution in [2.45, 2.75) is 118 Å². The van der Waals surface area contributed by atoms with Crippen molar-refractivity contribution in [3.05, 3.63) is 186 Å². The van der Waals surface area contributed by atoms with Gasteiger partial charge in [-0.25, -0.2) is 0 Å². The summed E-state index contributed by atoms with van der Waals surface area (Å²) in [6.45, 7) is 31.2. The van der Waals surface area contributed by atoms with Gasteiger partial charge in [0, 0.05) is 46.5 Å². The third-order valence-electron chi connectivity index (χ3n) is 15.5. The van der Waals surface area contributed by atoms with Gasteiger partial charge in [0.05, 0.1) is 18.9 Å². The summed E-state index contributed by atoms with van der Waals surface area (Å²) in [4.78, 5) is 5.14. The summed E-state index contributed by atoms with van der Waals surface area (Å²) in [6, 6.07) is 60.5. The second-order valence-electron chi connectivity index (χ2n) is 25.0. The number of fused-ring (bicyclic) bond motifs is 5. The van der Waals surface area contributed by atoms with Gasteiger partial charge in [-0.1, -0.05) is 186 Å². The van der Waals surface area contributed by atoms with Crippen molar-refractivity contribution < 1.29 is 9.47 Å². The van der Waals surface area contributed by atoms with Crippen molar-refractivity contribution in [1.82, 2.24) is 0 Å². The molecule has 0 N–H and O–H groups in total. The fourth-order valence-electron chi connectivity index (χ4n) is 11.2. The van der Waals surface area contributed by atoms with Crippen molar-refractivity contribution in [3.8, 4) is 44.9 Å². The SMILES string of the molecule is Cc1cc2c3c(c1)N(c1cc4c(cc1-c1ccccc1)OCCCO4)c1ccc(C(C)(C)C)cc1B3c1cc(C(C)(C)C)ccc1N2c1cc(-c2ccc(C(C)(C)C)cc2)cc(-c2ccc(C(C)(C)C)cc2)c1. The highest BCUT2D eigenvalue weighted by atomic mass is 16.5. The van der Waals surface area contributed by atoms with E-state index in [-0.39, 0.29) is 28.4 Å². The second kappa shape index (κ2) is 17.6. The first kappa shape index (κ1) is 48.3. The molecule has 4 nitrogen and oxygen atoms in total. The van der Waals surface area contributed by atoms with Crippen LogP contribution in [-0.2, 0) is 21.7 Å². The number of rotatable bonds is 5. The number of benzene rings is 8. The summed E-state index contributed by atoms with van der Waals surface area (Å²) >= 11 is 0. The topological polar surface area (TPSA) is 24.9 Å². The molecule has 0 fully saturated rings. The molecule has 5 heteroatoms. The third kappa shape index (κ3) is 8.83. The minimum atomic E-state index is -0.0789. The molecule has 0 radical (unpaired) electrons. The lowest BCUT2D eigenvalue weighted by Gasteiger charge is -2.45. The number of nitrogens with zero attached hydrogens (tertiary/aromatic N) is 2. The smallest absolute Gasteiger partial charge is 0.252 e. The Morgan fingerprint density at radius 3 is 1.33 bits per heavy atom. The highest BCUT2D eigenvalue weighted by Gasteiger charge is 2.45. The normalized spacial score (nSPS) is 14.3. The molecule has 11 rings (SSSR count). The minimum Gasteiger partial charge on any atom is -0.490 e. The number of anilines is 6. The van der Waals surface area contributed by atoms with Crippen LogP contribution in [-0.4, -0.2) is 19.9 Å². The molecule has 3 aliphatic heterocycles. The maximum absolute atomic E-state index is 6.56. The molecule has 73 heavy (non-hydrogen) atoms. The Kier molecular flexibility index (Phi) is 11.7. The van der Waals surface area contributed by atoms with E-state index in [2.05, 4.69) is 258 Å². The molecule has 0 unspecified atom stereocenters. The van der Waals surface area contributed by atoms with Gasteiger partial charge < -0.3 is 19.3 Å². The van der Waals surface area contributed by atoms with Crippen molar-refractivity contribution >= 4 is 57.2 Å². The van der Waals surface area contributed by atoms with E-state index in [0.717, 1.165) is 40.4 Å². The Morgan fingerprint density at radius 2 is 0.836 bits per heavy atom. The van der Waals surface area contributed by atoms with Crippen LogP contribution in [0.1, 0.15) is 117 Å². The van der Waals surface area contributed by atoms with Crippen LogP contribution in [0, 0.1) is 6.92 Å². The Hall–Kier alpha value is -6.98. The lowest BCUT2D eigenvalue weighted by Crippen LogP contribution is -2.61. The first-order valence-corrected chi connectivity index (χ1v) is 26.5. The fourth-order valence-corrected chi connectivity index (χ4v) is 11.2. The number of hydrogen-bond donors (Lipinski definition) is 0. The Bertz CT molecular complexity index is 3340. The maximum Gasteiger partial charge on any atom is 0.252 e. The monoisotopic (exact) mass is 959 g/mol. The minimum absolute atomic E-state index is 0.0474. The van der Waals surface area contributed by atoms with Crippen LogP contribution in [0.5, 0.6) is 11.5 Å². The summed E-state index contributed by atoms with van der Waals surface area (Å²) in [5.74, 6) is 1.57. The van der Waals surface area contributed by atoms with Gasteiger partial charge in [-0.2, -0.15) is 0 Å². The van der Waals surface area contributed by atoms with E-state index in [1.54, 1.807) is 0 Å². The molecule has 0 spiro atoms. The molecule has 368 valence electrons. The maximum atomic E-state index is 6.56. The standard InChI is InChI=1S/C68H71BN2O2/c1-43-34-60-64-61(35-43)71(59-42-63-62(72-32-17-33-73-63)41-54(59)46-18-15-14-16-19-46)58-31-29-52(68(11,12)13)40-56(58)69(64)55-39-51(67(8,9)10)28-30-57(55)70(60)53-37-47(44-20-24-49(25-21-44)65(2,3)4)36-48(38-53)45-22-26-50(27-23-45)66(5,6)7/h14-16,18-31,34-42H,17,32-33H2,1-13H3. The van der Waals surface area contributed by atoms with Gasteiger partial charge in [0.2, 0.25) is 0 Å². The first-order chi connectivity index (χ1) is 34.6. The van der Waals surface area contributed by atoms with Crippen LogP contribution in [0.2, 0.25) is 0 Å². The average molecular weight is 959 g/mol. The van der Waals surface area contributed by atoms with Gasteiger partial charge in [0.1, 0.15) is 0 Å². The van der Waals surface area contributed by atoms with Crippen LogP contribution in [0.4, 0.5) is 34.1 Å².